The second kappa shape index (κ2) is 7.17. The van der Waals surface area contributed by atoms with Crippen molar-refractivity contribution in [3.8, 4) is 0 Å². The lowest BCUT2D eigenvalue weighted by molar-refractivity contribution is -0.147. The van der Waals surface area contributed by atoms with Crippen molar-refractivity contribution in [1.29, 1.82) is 0 Å². The van der Waals surface area contributed by atoms with Crippen molar-refractivity contribution in [3.05, 3.63) is 47.8 Å². The Balaban J connectivity index is 1.85. The summed E-state index contributed by atoms with van der Waals surface area (Å²) in [7, 11) is 0. The third-order valence-corrected chi connectivity index (χ3v) is 3.68. The highest BCUT2D eigenvalue weighted by molar-refractivity contribution is 5.73. The average Bonchev–Trinajstić information content (AvgIpc) is 2.92. The first-order chi connectivity index (χ1) is 10.5. The van der Waals surface area contributed by atoms with E-state index in [1.807, 2.05) is 35.0 Å². The SMILES string of the molecule is CC(C)(CCNCc1cnnn1Cc1ccccc1)C(=O)O. The van der Waals surface area contributed by atoms with Gasteiger partial charge in [0.15, 0.2) is 0 Å². The van der Waals surface area contributed by atoms with Crippen molar-refractivity contribution in [2.24, 2.45) is 5.41 Å². The fourth-order valence-electron chi connectivity index (χ4n) is 2.03. The number of carboxylic acids is 1. The molecule has 1 aromatic carbocycles. The maximum absolute atomic E-state index is 11.0. The van der Waals surface area contributed by atoms with Gasteiger partial charge in [-0.2, -0.15) is 0 Å². The molecule has 0 spiro atoms. The van der Waals surface area contributed by atoms with E-state index in [2.05, 4.69) is 15.6 Å². The quantitative estimate of drug-likeness (QED) is 0.728. The van der Waals surface area contributed by atoms with Crippen LogP contribution >= 0.6 is 0 Å². The lowest BCUT2D eigenvalue weighted by atomic mass is 9.90. The van der Waals surface area contributed by atoms with Gasteiger partial charge in [0.05, 0.1) is 23.9 Å². The van der Waals surface area contributed by atoms with Gasteiger partial charge in [-0.3, -0.25) is 4.79 Å². The third kappa shape index (κ3) is 4.39. The van der Waals surface area contributed by atoms with Crippen LogP contribution in [0.3, 0.4) is 0 Å². The second-order valence-electron chi connectivity index (χ2n) is 5.98. The number of aromatic nitrogens is 3. The Morgan fingerprint density at radius 3 is 2.73 bits per heavy atom. The van der Waals surface area contributed by atoms with Crippen molar-refractivity contribution in [2.45, 2.75) is 33.4 Å². The Bertz CT molecular complexity index is 608. The maximum atomic E-state index is 11.0. The number of nitrogens with one attached hydrogen (secondary N) is 1. The number of carboxylic acid groups (broad SMARTS) is 1. The van der Waals surface area contributed by atoms with Crippen LogP contribution in [0.25, 0.3) is 0 Å². The molecule has 0 radical (unpaired) electrons. The van der Waals surface area contributed by atoms with Gasteiger partial charge in [0, 0.05) is 6.54 Å². The summed E-state index contributed by atoms with van der Waals surface area (Å²) in [6.45, 7) is 5.40. The normalized spacial score (nSPS) is 11.5. The van der Waals surface area contributed by atoms with E-state index in [0.29, 0.717) is 26.1 Å². The summed E-state index contributed by atoms with van der Waals surface area (Å²) in [5.74, 6) is -0.773. The highest BCUT2D eigenvalue weighted by atomic mass is 16.4. The predicted molar refractivity (Wildman–Crippen MR) is 83.3 cm³/mol. The molecule has 118 valence electrons. The second-order valence-corrected chi connectivity index (χ2v) is 5.98. The monoisotopic (exact) mass is 302 g/mol. The smallest absolute Gasteiger partial charge is 0.309 e. The highest BCUT2D eigenvalue weighted by Gasteiger charge is 2.26. The van der Waals surface area contributed by atoms with E-state index in [9.17, 15) is 4.79 Å². The van der Waals surface area contributed by atoms with Crippen LogP contribution in [0, 0.1) is 5.41 Å². The van der Waals surface area contributed by atoms with Crippen LogP contribution in [0.15, 0.2) is 36.5 Å². The zero-order valence-corrected chi connectivity index (χ0v) is 13.0. The topological polar surface area (TPSA) is 80.0 Å². The number of benzene rings is 1. The molecule has 0 aliphatic rings. The summed E-state index contributed by atoms with van der Waals surface area (Å²) >= 11 is 0. The van der Waals surface area contributed by atoms with Crippen LogP contribution in [0.4, 0.5) is 0 Å². The molecule has 6 heteroatoms. The number of nitrogens with zero attached hydrogens (tertiary/aromatic N) is 3. The Morgan fingerprint density at radius 2 is 2.05 bits per heavy atom. The van der Waals surface area contributed by atoms with E-state index in [4.69, 9.17) is 5.11 Å². The summed E-state index contributed by atoms with van der Waals surface area (Å²) in [5, 5.41) is 20.4. The van der Waals surface area contributed by atoms with Crippen molar-refractivity contribution in [2.75, 3.05) is 6.54 Å². The first kappa shape index (κ1) is 16.2. The predicted octanol–water partition coefficient (Wildman–Crippen LogP) is 1.92. The number of rotatable bonds is 8. The summed E-state index contributed by atoms with van der Waals surface area (Å²) in [5.41, 5.74) is 1.44. The lowest BCUT2D eigenvalue weighted by Crippen LogP contribution is -2.29. The molecule has 2 rings (SSSR count). The zero-order valence-electron chi connectivity index (χ0n) is 13.0. The molecule has 2 N–H and O–H groups in total. The van der Waals surface area contributed by atoms with Gasteiger partial charge in [-0.05, 0) is 32.4 Å². The summed E-state index contributed by atoms with van der Waals surface area (Å²) in [4.78, 5) is 11.0. The van der Waals surface area contributed by atoms with Gasteiger partial charge in [-0.15, -0.1) is 5.10 Å². The molecule has 0 bridgehead atoms. The molecule has 0 amide bonds. The van der Waals surface area contributed by atoms with Gasteiger partial charge in [0.1, 0.15) is 0 Å². The number of aliphatic carboxylic acids is 1. The van der Waals surface area contributed by atoms with Crippen LogP contribution in [0.2, 0.25) is 0 Å². The van der Waals surface area contributed by atoms with Crippen molar-refractivity contribution in [3.63, 3.8) is 0 Å². The maximum Gasteiger partial charge on any atom is 0.309 e. The Labute approximate surface area is 130 Å². The fraction of sp³-hybridized carbons (Fsp3) is 0.438. The zero-order chi connectivity index (χ0) is 16.0. The van der Waals surface area contributed by atoms with Crippen LogP contribution in [0.1, 0.15) is 31.5 Å². The Hall–Kier alpha value is -2.21. The highest BCUT2D eigenvalue weighted by Crippen LogP contribution is 2.19. The minimum atomic E-state index is -0.773. The molecule has 0 fully saturated rings. The molecule has 22 heavy (non-hydrogen) atoms. The van der Waals surface area contributed by atoms with Crippen LogP contribution in [-0.4, -0.2) is 32.6 Å². The van der Waals surface area contributed by atoms with Crippen LogP contribution in [0.5, 0.6) is 0 Å². The minimum absolute atomic E-state index is 0.572. The average molecular weight is 302 g/mol. The van der Waals surface area contributed by atoms with Gasteiger partial charge in [0.2, 0.25) is 0 Å². The molecule has 1 aromatic heterocycles. The first-order valence-corrected chi connectivity index (χ1v) is 7.34. The molecule has 2 aromatic rings. The molecule has 6 nitrogen and oxygen atoms in total. The molecule has 0 saturated heterocycles. The van der Waals surface area contributed by atoms with E-state index in [1.54, 1.807) is 20.0 Å². The van der Waals surface area contributed by atoms with Crippen LogP contribution in [-0.2, 0) is 17.9 Å². The van der Waals surface area contributed by atoms with Crippen molar-refractivity contribution < 1.29 is 9.90 Å². The van der Waals surface area contributed by atoms with Crippen molar-refractivity contribution in [1.82, 2.24) is 20.3 Å². The number of hydrogen-bond acceptors (Lipinski definition) is 4. The minimum Gasteiger partial charge on any atom is -0.481 e. The van der Waals surface area contributed by atoms with E-state index in [0.717, 1.165) is 5.69 Å². The number of carbonyl (C=O) groups is 1. The Kier molecular flexibility index (Phi) is 5.27. The molecule has 0 aliphatic heterocycles. The van der Waals surface area contributed by atoms with Gasteiger partial charge >= 0.3 is 5.97 Å². The van der Waals surface area contributed by atoms with Gasteiger partial charge in [0.25, 0.3) is 0 Å². The van der Waals surface area contributed by atoms with E-state index in [1.165, 1.54) is 5.56 Å². The van der Waals surface area contributed by atoms with E-state index >= 15 is 0 Å². The number of hydrogen-bond donors (Lipinski definition) is 2. The molecule has 1 heterocycles. The summed E-state index contributed by atoms with van der Waals surface area (Å²) in [6.07, 6.45) is 2.31. The largest absolute Gasteiger partial charge is 0.481 e. The lowest BCUT2D eigenvalue weighted by Gasteiger charge is -2.18. The summed E-state index contributed by atoms with van der Waals surface area (Å²) < 4.78 is 1.85. The molecule has 0 saturated carbocycles. The van der Waals surface area contributed by atoms with Crippen LogP contribution < -0.4 is 5.32 Å². The molecular formula is C16H22N4O2. The van der Waals surface area contributed by atoms with Gasteiger partial charge < -0.3 is 10.4 Å². The van der Waals surface area contributed by atoms with E-state index < -0.39 is 11.4 Å². The van der Waals surface area contributed by atoms with Gasteiger partial charge in [-0.1, -0.05) is 35.5 Å². The van der Waals surface area contributed by atoms with E-state index in [-0.39, 0.29) is 0 Å². The fourth-order valence-corrected chi connectivity index (χ4v) is 2.03. The molecule has 0 atom stereocenters. The molecule has 0 aliphatic carbocycles. The van der Waals surface area contributed by atoms with Crippen molar-refractivity contribution >= 4 is 5.97 Å². The summed E-state index contributed by atoms with van der Waals surface area (Å²) in [6, 6.07) is 10.1. The van der Waals surface area contributed by atoms with Gasteiger partial charge in [-0.25, -0.2) is 4.68 Å². The molecular weight excluding hydrogens is 280 g/mol. The first-order valence-electron chi connectivity index (χ1n) is 7.34. The Morgan fingerprint density at radius 1 is 1.32 bits per heavy atom. The molecule has 0 unspecified atom stereocenters. The third-order valence-electron chi connectivity index (χ3n) is 3.68. The standard InChI is InChI=1S/C16H22N4O2/c1-16(2,15(21)22)8-9-17-10-14-11-18-19-20(14)12-13-6-4-3-5-7-13/h3-7,11,17H,8-10,12H2,1-2H3,(H,21,22).